The summed E-state index contributed by atoms with van der Waals surface area (Å²) in [5, 5.41) is 2.90. The van der Waals surface area contributed by atoms with Crippen LogP contribution in [0.5, 0.6) is 0 Å². The normalized spacial score (nSPS) is 14.6. The highest BCUT2D eigenvalue weighted by Crippen LogP contribution is 2.23. The van der Waals surface area contributed by atoms with E-state index >= 15 is 0 Å². The van der Waals surface area contributed by atoms with Gasteiger partial charge < -0.3 is 19.2 Å². The van der Waals surface area contributed by atoms with Crippen LogP contribution in [0.2, 0.25) is 0 Å². The highest BCUT2D eigenvalue weighted by Gasteiger charge is 2.20. The zero-order chi connectivity index (χ0) is 22.6. The second-order valence-corrected chi connectivity index (χ2v) is 8.41. The Kier molecular flexibility index (Phi) is 6.13. The van der Waals surface area contributed by atoms with Gasteiger partial charge in [0.2, 0.25) is 0 Å². The van der Waals surface area contributed by atoms with Gasteiger partial charge in [-0.05, 0) is 48.9 Å². The summed E-state index contributed by atoms with van der Waals surface area (Å²) < 4.78 is 7.51. The molecule has 1 aliphatic rings. The Morgan fingerprint density at radius 1 is 1.03 bits per heavy atom. The number of benzene rings is 2. The van der Waals surface area contributed by atoms with Gasteiger partial charge >= 0.3 is 0 Å². The summed E-state index contributed by atoms with van der Waals surface area (Å²) in [6.07, 6.45) is 2.54. The summed E-state index contributed by atoms with van der Waals surface area (Å²) in [5.41, 5.74) is 4.01. The summed E-state index contributed by atoms with van der Waals surface area (Å²) in [7, 11) is 0. The van der Waals surface area contributed by atoms with Crippen molar-refractivity contribution in [2.24, 2.45) is 0 Å². The minimum Gasteiger partial charge on any atom is -0.459 e. The van der Waals surface area contributed by atoms with Gasteiger partial charge in [0.25, 0.3) is 5.91 Å². The molecular weight excluding hydrogens is 414 g/mol. The molecule has 0 atom stereocenters. The maximum atomic E-state index is 12.3. The number of aryl methyl sites for hydroxylation is 1. The molecule has 3 heterocycles. The van der Waals surface area contributed by atoms with E-state index in [0.717, 1.165) is 62.5 Å². The Bertz CT molecular complexity index is 1210. The third kappa shape index (κ3) is 4.64. The first-order valence-electron chi connectivity index (χ1n) is 11.6. The van der Waals surface area contributed by atoms with E-state index in [4.69, 9.17) is 9.40 Å². The Morgan fingerprint density at radius 3 is 2.58 bits per heavy atom. The molecule has 0 aliphatic carbocycles. The van der Waals surface area contributed by atoms with Crippen molar-refractivity contribution in [3.05, 3.63) is 78.5 Å². The lowest BCUT2D eigenvalue weighted by atomic mass is 10.2. The molecule has 2 aromatic heterocycles. The standard InChI is InChI=1S/C26H29N5O2/c1-2-12-31-23-11-10-20(27-26(32)24-9-6-17-33-24)18-22(23)28-25(31)19-29-13-15-30(16-14-29)21-7-4-3-5-8-21/h3-11,17-18H,2,12-16,19H2,1H3,(H,27,32). The molecule has 1 fully saturated rings. The van der Waals surface area contributed by atoms with Crippen molar-refractivity contribution in [2.45, 2.75) is 26.4 Å². The van der Waals surface area contributed by atoms with Gasteiger partial charge in [0, 0.05) is 44.1 Å². The summed E-state index contributed by atoms with van der Waals surface area (Å²) in [6.45, 7) is 7.98. The molecule has 0 bridgehead atoms. The number of furan rings is 1. The fraction of sp³-hybridized carbons (Fsp3) is 0.308. The zero-order valence-corrected chi connectivity index (χ0v) is 18.9. The molecule has 1 saturated heterocycles. The Hall–Kier alpha value is -3.58. The molecule has 0 saturated carbocycles. The molecule has 0 unspecified atom stereocenters. The third-order valence-corrected chi connectivity index (χ3v) is 6.14. The first-order valence-corrected chi connectivity index (χ1v) is 11.6. The monoisotopic (exact) mass is 443 g/mol. The van der Waals surface area contributed by atoms with E-state index in [9.17, 15) is 4.79 Å². The number of rotatable bonds is 7. The van der Waals surface area contributed by atoms with E-state index in [2.05, 4.69) is 56.9 Å². The molecule has 7 heteroatoms. The van der Waals surface area contributed by atoms with Crippen LogP contribution in [0.15, 0.2) is 71.3 Å². The smallest absolute Gasteiger partial charge is 0.291 e. The van der Waals surface area contributed by atoms with Gasteiger partial charge in [-0.1, -0.05) is 25.1 Å². The van der Waals surface area contributed by atoms with Crippen molar-refractivity contribution < 1.29 is 9.21 Å². The number of amides is 1. The third-order valence-electron chi connectivity index (χ3n) is 6.14. The summed E-state index contributed by atoms with van der Waals surface area (Å²) in [5.74, 6) is 1.11. The van der Waals surface area contributed by atoms with Crippen LogP contribution in [-0.2, 0) is 13.1 Å². The van der Waals surface area contributed by atoms with Crippen LogP contribution in [0.4, 0.5) is 11.4 Å². The molecule has 0 radical (unpaired) electrons. The maximum absolute atomic E-state index is 12.3. The summed E-state index contributed by atoms with van der Waals surface area (Å²) in [4.78, 5) is 22.2. The summed E-state index contributed by atoms with van der Waals surface area (Å²) in [6, 6.07) is 19.9. The lowest BCUT2D eigenvalue weighted by molar-refractivity contribution is 0.0996. The molecular formula is C26H29N5O2. The second kappa shape index (κ2) is 9.50. The zero-order valence-electron chi connectivity index (χ0n) is 18.9. The quantitative estimate of drug-likeness (QED) is 0.452. The van der Waals surface area contributed by atoms with Gasteiger partial charge in [-0.25, -0.2) is 4.98 Å². The Balaban J connectivity index is 1.31. The first-order chi connectivity index (χ1) is 16.2. The highest BCUT2D eigenvalue weighted by atomic mass is 16.3. The van der Waals surface area contributed by atoms with Crippen molar-refractivity contribution >= 4 is 28.3 Å². The number of carbonyl (C=O) groups is 1. The SMILES string of the molecule is CCCn1c(CN2CCN(c3ccccc3)CC2)nc2cc(NC(=O)c3ccco3)ccc21. The van der Waals surface area contributed by atoms with E-state index in [0.29, 0.717) is 11.4 Å². The predicted octanol–water partition coefficient (Wildman–Crippen LogP) is 4.61. The molecule has 5 rings (SSSR count). The Labute approximate surface area is 193 Å². The van der Waals surface area contributed by atoms with E-state index in [1.807, 2.05) is 18.2 Å². The van der Waals surface area contributed by atoms with Crippen LogP contribution in [0.25, 0.3) is 11.0 Å². The molecule has 7 nitrogen and oxygen atoms in total. The van der Waals surface area contributed by atoms with Crippen LogP contribution in [-0.4, -0.2) is 46.5 Å². The number of hydrogen-bond acceptors (Lipinski definition) is 5. The van der Waals surface area contributed by atoms with Crippen molar-refractivity contribution in [1.82, 2.24) is 14.5 Å². The fourth-order valence-electron chi connectivity index (χ4n) is 4.45. The average Bonchev–Trinajstić information content (AvgIpc) is 3.49. The van der Waals surface area contributed by atoms with E-state index in [1.165, 1.54) is 12.0 Å². The number of para-hydroxylation sites is 1. The molecule has 170 valence electrons. The number of nitrogens with one attached hydrogen (secondary N) is 1. The number of anilines is 2. The number of nitrogens with zero attached hydrogens (tertiary/aromatic N) is 4. The highest BCUT2D eigenvalue weighted by molar-refractivity contribution is 6.03. The topological polar surface area (TPSA) is 66.5 Å². The number of carbonyl (C=O) groups excluding carboxylic acids is 1. The van der Waals surface area contributed by atoms with Crippen LogP contribution in [0.3, 0.4) is 0 Å². The van der Waals surface area contributed by atoms with Gasteiger partial charge in [0.15, 0.2) is 5.76 Å². The molecule has 33 heavy (non-hydrogen) atoms. The van der Waals surface area contributed by atoms with Crippen LogP contribution in [0, 0.1) is 0 Å². The number of imidazole rings is 1. The van der Waals surface area contributed by atoms with Crippen LogP contribution >= 0.6 is 0 Å². The van der Waals surface area contributed by atoms with Gasteiger partial charge in [-0.15, -0.1) is 0 Å². The van der Waals surface area contributed by atoms with Gasteiger partial charge in [0.05, 0.1) is 23.8 Å². The largest absolute Gasteiger partial charge is 0.459 e. The molecule has 0 spiro atoms. The number of aromatic nitrogens is 2. The van der Waals surface area contributed by atoms with E-state index in [1.54, 1.807) is 12.1 Å². The van der Waals surface area contributed by atoms with Gasteiger partial charge in [-0.3, -0.25) is 9.69 Å². The van der Waals surface area contributed by atoms with Crippen molar-refractivity contribution in [1.29, 1.82) is 0 Å². The molecule has 4 aromatic rings. The number of fused-ring (bicyclic) bond motifs is 1. The van der Waals surface area contributed by atoms with Crippen molar-refractivity contribution in [2.75, 3.05) is 36.4 Å². The number of piperazine rings is 1. The summed E-state index contributed by atoms with van der Waals surface area (Å²) >= 11 is 0. The minimum atomic E-state index is -0.260. The second-order valence-electron chi connectivity index (χ2n) is 8.41. The minimum absolute atomic E-state index is 0.260. The van der Waals surface area contributed by atoms with Gasteiger partial charge in [-0.2, -0.15) is 0 Å². The number of hydrogen-bond donors (Lipinski definition) is 1. The van der Waals surface area contributed by atoms with Crippen molar-refractivity contribution in [3.63, 3.8) is 0 Å². The van der Waals surface area contributed by atoms with Crippen molar-refractivity contribution in [3.8, 4) is 0 Å². The lowest BCUT2D eigenvalue weighted by Crippen LogP contribution is -2.46. The van der Waals surface area contributed by atoms with E-state index in [-0.39, 0.29) is 5.91 Å². The first kappa shape index (κ1) is 21.3. The van der Waals surface area contributed by atoms with E-state index < -0.39 is 0 Å². The lowest BCUT2D eigenvalue weighted by Gasteiger charge is -2.36. The maximum Gasteiger partial charge on any atom is 0.291 e. The predicted molar refractivity (Wildman–Crippen MR) is 131 cm³/mol. The molecule has 1 amide bonds. The fourth-order valence-corrected chi connectivity index (χ4v) is 4.45. The molecule has 1 N–H and O–H groups in total. The van der Waals surface area contributed by atoms with Crippen LogP contribution < -0.4 is 10.2 Å². The van der Waals surface area contributed by atoms with Crippen LogP contribution in [0.1, 0.15) is 29.7 Å². The molecule has 2 aromatic carbocycles. The Morgan fingerprint density at radius 2 is 1.85 bits per heavy atom. The van der Waals surface area contributed by atoms with Gasteiger partial charge in [0.1, 0.15) is 5.82 Å². The average molecular weight is 444 g/mol. The molecule has 1 aliphatic heterocycles.